The smallest absolute Gasteiger partial charge is 0.222 e. The molecular weight excluding hydrogens is 266 g/mol. The van der Waals surface area contributed by atoms with Gasteiger partial charge in [0.15, 0.2) is 0 Å². The van der Waals surface area contributed by atoms with Crippen molar-refractivity contribution in [3.8, 4) is 5.75 Å². The lowest BCUT2D eigenvalue weighted by molar-refractivity contribution is -0.125. The Morgan fingerprint density at radius 3 is 2.62 bits per heavy atom. The second-order valence-corrected chi connectivity index (χ2v) is 5.50. The van der Waals surface area contributed by atoms with Gasteiger partial charge in [0.1, 0.15) is 5.75 Å². The van der Waals surface area contributed by atoms with Crippen molar-refractivity contribution < 1.29 is 9.53 Å². The molecule has 1 aliphatic heterocycles. The van der Waals surface area contributed by atoms with Crippen molar-refractivity contribution in [1.82, 2.24) is 10.2 Å². The van der Waals surface area contributed by atoms with Gasteiger partial charge in [-0.1, -0.05) is 0 Å². The van der Waals surface area contributed by atoms with Gasteiger partial charge in [-0.05, 0) is 56.6 Å². The maximum absolute atomic E-state index is 11.6. The summed E-state index contributed by atoms with van der Waals surface area (Å²) in [6, 6.07) is 7.48. The average molecular weight is 291 g/mol. The fourth-order valence-electron chi connectivity index (χ4n) is 2.67. The molecule has 116 valence electrons. The van der Waals surface area contributed by atoms with Crippen LogP contribution >= 0.6 is 0 Å². The highest BCUT2D eigenvalue weighted by Crippen LogP contribution is 2.17. The number of nitrogens with two attached hydrogens (primary N) is 1. The summed E-state index contributed by atoms with van der Waals surface area (Å²) in [4.78, 5) is 14.0. The summed E-state index contributed by atoms with van der Waals surface area (Å²) in [6.07, 6.45) is 2.91. The molecule has 1 aromatic carbocycles. The van der Waals surface area contributed by atoms with Crippen LogP contribution in [0.4, 0.5) is 5.69 Å². The molecule has 0 unspecified atom stereocenters. The molecule has 2 rings (SSSR count). The van der Waals surface area contributed by atoms with Crippen molar-refractivity contribution >= 4 is 11.6 Å². The van der Waals surface area contributed by atoms with E-state index in [9.17, 15) is 4.79 Å². The number of ether oxygens (including phenoxy) is 1. The molecule has 3 N–H and O–H groups in total. The van der Waals surface area contributed by atoms with Crippen molar-refractivity contribution in [3.05, 3.63) is 24.3 Å². The van der Waals surface area contributed by atoms with Crippen LogP contribution in [0.2, 0.25) is 0 Å². The standard InChI is InChI=1S/C16H25N3O2/c1-18-16(20)13-7-10-19(11-8-13)9-2-12-21-15-5-3-14(17)4-6-15/h3-6,13H,2,7-12,17H2,1H3,(H,18,20). The van der Waals surface area contributed by atoms with Crippen LogP contribution in [0.5, 0.6) is 5.75 Å². The molecule has 5 heteroatoms. The Kier molecular flexibility index (Phi) is 5.87. The van der Waals surface area contributed by atoms with E-state index in [1.807, 2.05) is 24.3 Å². The van der Waals surface area contributed by atoms with E-state index in [2.05, 4.69) is 10.2 Å². The Balaban J connectivity index is 1.60. The van der Waals surface area contributed by atoms with Gasteiger partial charge in [0.25, 0.3) is 0 Å². The maximum atomic E-state index is 11.6. The van der Waals surface area contributed by atoms with Crippen LogP contribution in [-0.2, 0) is 4.79 Å². The largest absolute Gasteiger partial charge is 0.494 e. The van der Waals surface area contributed by atoms with Gasteiger partial charge in [-0.25, -0.2) is 0 Å². The number of carbonyl (C=O) groups excluding carboxylic acids is 1. The lowest BCUT2D eigenvalue weighted by Crippen LogP contribution is -2.40. The van der Waals surface area contributed by atoms with Crippen molar-refractivity contribution in [1.29, 1.82) is 0 Å². The fourth-order valence-corrected chi connectivity index (χ4v) is 2.67. The van der Waals surface area contributed by atoms with Crippen LogP contribution < -0.4 is 15.8 Å². The van der Waals surface area contributed by atoms with Crippen LogP contribution in [-0.4, -0.2) is 44.1 Å². The topological polar surface area (TPSA) is 67.6 Å². The first kappa shape index (κ1) is 15.6. The van der Waals surface area contributed by atoms with Crippen LogP contribution in [0.3, 0.4) is 0 Å². The molecule has 0 atom stereocenters. The zero-order valence-corrected chi connectivity index (χ0v) is 12.7. The van der Waals surface area contributed by atoms with Crippen LogP contribution in [0.15, 0.2) is 24.3 Å². The van der Waals surface area contributed by atoms with E-state index in [1.165, 1.54) is 0 Å². The summed E-state index contributed by atoms with van der Waals surface area (Å²) in [5.41, 5.74) is 6.38. The summed E-state index contributed by atoms with van der Waals surface area (Å²) in [5, 5.41) is 2.74. The minimum atomic E-state index is 0.182. The van der Waals surface area contributed by atoms with Crippen molar-refractivity contribution in [2.24, 2.45) is 5.92 Å². The highest BCUT2D eigenvalue weighted by Gasteiger charge is 2.23. The molecule has 1 fully saturated rings. The Labute approximate surface area is 126 Å². The number of nitrogens with zero attached hydrogens (tertiary/aromatic N) is 1. The highest BCUT2D eigenvalue weighted by atomic mass is 16.5. The molecule has 5 nitrogen and oxygen atoms in total. The predicted molar refractivity (Wildman–Crippen MR) is 84.2 cm³/mol. The first-order valence-corrected chi connectivity index (χ1v) is 7.61. The molecule has 0 spiro atoms. The van der Waals surface area contributed by atoms with Crippen molar-refractivity contribution in [2.45, 2.75) is 19.3 Å². The SMILES string of the molecule is CNC(=O)C1CCN(CCCOc2ccc(N)cc2)CC1. The third-order valence-corrected chi connectivity index (χ3v) is 3.97. The number of hydrogen-bond acceptors (Lipinski definition) is 4. The molecule has 21 heavy (non-hydrogen) atoms. The van der Waals surface area contributed by atoms with Gasteiger partial charge in [0.2, 0.25) is 5.91 Å². The summed E-state index contributed by atoms with van der Waals surface area (Å²) in [7, 11) is 1.71. The second-order valence-electron chi connectivity index (χ2n) is 5.50. The molecule has 1 heterocycles. The number of likely N-dealkylation sites (tertiary alicyclic amines) is 1. The van der Waals surface area contributed by atoms with E-state index in [0.29, 0.717) is 6.61 Å². The van der Waals surface area contributed by atoms with Gasteiger partial charge < -0.3 is 20.7 Å². The number of benzene rings is 1. The minimum Gasteiger partial charge on any atom is -0.494 e. The number of nitrogen functional groups attached to an aromatic ring is 1. The third kappa shape index (κ3) is 4.93. The van der Waals surface area contributed by atoms with Crippen LogP contribution in [0.1, 0.15) is 19.3 Å². The molecule has 1 amide bonds. The second kappa shape index (κ2) is 7.88. The molecule has 1 saturated heterocycles. The molecule has 0 aromatic heterocycles. The first-order chi connectivity index (χ1) is 10.2. The van der Waals surface area contributed by atoms with E-state index in [0.717, 1.165) is 50.3 Å². The number of carbonyl (C=O) groups is 1. The minimum absolute atomic E-state index is 0.182. The van der Waals surface area contributed by atoms with Gasteiger partial charge >= 0.3 is 0 Å². The normalized spacial score (nSPS) is 16.6. The average Bonchev–Trinajstić information content (AvgIpc) is 2.53. The Hall–Kier alpha value is -1.75. The van der Waals surface area contributed by atoms with Crippen LogP contribution in [0.25, 0.3) is 0 Å². The number of nitrogens with one attached hydrogen (secondary N) is 1. The summed E-state index contributed by atoms with van der Waals surface area (Å²) in [5.74, 6) is 1.24. The monoisotopic (exact) mass is 291 g/mol. The number of piperidine rings is 1. The fraction of sp³-hybridized carbons (Fsp3) is 0.562. The van der Waals surface area contributed by atoms with Gasteiger partial charge in [-0.2, -0.15) is 0 Å². The van der Waals surface area contributed by atoms with E-state index >= 15 is 0 Å². The number of amides is 1. The Morgan fingerprint density at radius 2 is 2.00 bits per heavy atom. The summed E-state index contributed by atoms with van der Waals surface area (Å²) in [6.45, 7) is 3.73. The molecule has 0 saturated carbocycles. The Morgan fingerprint density at radius 1 is 1.33 bits per heavy atom. The van der Waals surface area contributed by atoms with Gasteiger partial charge in [0, 0.05) is 25.2 Å². The number of anilines is 1. The van der Waals surface area contributed by atoms with Crippen molar-refractivity contribution in [3.63, 3.8) is 0 Å². The molecule has 0 bridgehead atoms. The van der Waals surface area contributed by atoms with Gasteiger partial charge in [-0.15, -0.1) is 0 Å². The maximum Gasteiger partial charge on any atom is 0.222 e. The quantitative estimate of drug-likeness (QED) is 0.615. The number of rotatable bonds is 6. The van der Waals surface area contributed by atoms with E-state index in [1.54, 1.807) is 7.05 Å². The Bertz CT molecular complexity index is 439. The van der Waals surface area contributed by atoms with Gasteiger partial charge in [0.05, 0.1) is 6.61 Å². The summed E-state index contributed by atoms with van der Waals surface area (Å²) >= 11 is 0. The predicted octanol–water partition coefficient (Wildman–Crippen LogP) is 1.50. The third-order valence-electron chi connectivity index (χ3n) is 3.97. The van der Waals surface area contributed by atoms with E-state index < -0.39 is 0 Å². The zero-order valence-electron chi connectivity index (χ0n) is 12.7. The highest BCUT2D eigenvalue weighted by molar-refractivity contribution is 5.78. The summed E-state index contributed by atoms with van der Waals surface area (Å²) < 4.78 is 5.68. The lowest BCUT2D eigenvalue weighted by atomic mass is 9.96. The zero-order chi connectivity index (χ0) is 15.1. The molecule has 0 radical (unpaired) electrons. The van der Waals surface area contributed by atoms with Crippen LogP contribution in [0, 0.1) is 5.92 Å². The van der Waals surface area contributed by atoms with Gasteiger partial charge in [-0.3, -0.25) is 4.79 Å². The van der Waals surface area contributed by atoms with Crippen molar-refractivity contribution in [2.75, 3.05) is 39.0 Å². The first-order valence-electron chi connectivity index (χ1n) is 7.61. The van der Waals surface area contributed by atoms with E-state index in [-0.39, 0.29) is 11.8 Å². The molecule has 1 aromatic rings. The number of hydrogen-bond donors (Lipinski definition) is 2. The molecule has 0 aliphatic carbocycles. The molecule has 1 aliphatic rings. The lowest BCUT2D eigenvalue weighted by Gasteiger charge is -2.30. The van der Waals surface area contributed by atoms with E-state index in [4.69, 9.17) is 10.5 Å². The molecular formula is C16H25N3O2.